The molecule has 0 atom stereocenters. The Labute approximate surface area is 118 Å². The van der Waals surface area contributed by atoms with Gasteiger partial charge in [0.25, 0.3) is 5.54 Å². The summed E-state index contributed by atoms with van der Waals surface area (Å²) >= 11 is 3.28. The molecule has 1 aliphatic rings. The molecule has 1 aromatic carbocycles. The van der Waals surface area contributed by atoms with Crippen LogP contribution in [0.15, 0.2) is 28.7 Å². The van der Waals surface area contributed by atoms with E-state index in [1.54, 1.807) is 24.3 Å². The van der Waals surface area contributed by atoms with Crippen LogP contribution in [0.2, 0.25) is 0 Å². The molecule has 1 saturated heterocycles. The van der Waals surface area contributed by atoms with Gasteiger partial charge in [-0.1, -0.05) is 15.9 Å². The fourth-order valence-electron chi connectivity index (χ4n) is 1.38. The Kier molecular flexibility index (Phi) is 3.96. The molecule has 9 heteroatoms. The maximum Gasteiger partial charge on any atom is 0.433 e. The maximum atomic E-state index is 12.2. The minimum Gasteiger partial charge on any atom is -0.293 e. The second kappa shape index (κ2) is 5.20. The minimum atomic E-state index is -3.54. The lowest BCUT2D eigenvalue weighted by Crippen LogP contribution is -2.47. The van der Waals surface area contributed by atoms with E-state index >= 15 is 0 Å². The van der Waals surface area contributed by atoms with E-state index in [1.807, 2.05) is 0 Å². The lowest BCUT2D eigenvalue weighted by atomic mass is 10.1. The number of nitrogens with zero attached hydrogens (tertiary/aromatic N) is 1. The topological polar surface area (TPSA) is 90.7 Å². The summed E-state index contributed by atoms with van der Waals surface area (Å²) in [5.41, 5.74) is -0.814. The van der Waals surface area contributed by atoms with Crippen LogP contribution in [-0.2, 0) is 13.6 Å². The standard InChI is InChI=1S/C10H12BrN2O5P/c1-10(13(14)15)6-17-19(16,18-7-10)12-9-4-2-8(11)3-5-9/h2-5H,6-7H2,1H3,(H,12,16). The average Bonchev–Trinajstić information content (AvgIpc) is 2.36. The molecule has 0 spiro atoms. The summed E-state index contributed by atoms with van der Waals surface area (Å²) in [5.74, 6) is 0. The predicted molar refractivity (Wildman–Crippen MR) is 72.7 cm³/mol. The molecule has 1 N–H and O–H groups in total. The van der Waals surface area contributed by atoms with E-state index in [0.29, 0.717) is 5.69 Å². The molecule has 0 aliphatic carbocycles. The first kappa shape index (κ1) is 14.5. The fraction of sp³-hybridized carbons (Fsp3) is 0.400. The van der Waals surface area contributed by atoms with Crippen molar-refractivity contribution >= 4 is 29.4 Å². The zero-order valence-electron chi connectivity index (χ0n) is 10.0. The highest BCUT2D eigenvalue weighted by atomic mass is 79.9. The number of halogens is 1. The molecule has 0 bridgehead atoms. The van der Waals surface area contributed by atoms with Crippen molar-refractivity contribution in [2.45, 2.75) is 12.5 Å². The van der Waals surface area contributed by atoms with E-state index in [-0.39, 0.29) is 13.2 Å². The van der Waals surface area contributed by atoms with Gasteiger partial charge in [0.2, 0.25) is 0 Å². The second-order valence-electron chi connectivity index (χ2n) is 4.42. The number of hydrogen-bond donors (Lipinski definition) is 1. The van der Waals surface area contributed by atoms with Gasteiger partial charge in [-0.3, -0.25) is 24.2 Å². The first-order valence-electron chi connectivity index (χ1n) is 5.40. The SMILES string of the molecule is CC1([N+](=O)[O-])COP(=O)(Nc2ccc(Br)cc2)OC1. The molecule has 0 aromatic heterocycles. The second-order valence-corrected chi connectivity index (χ2v) is 7.07. The van der Waals surface area contributed by atoms with Crippen LogP contribution in [0, 0.1) is 10.1 Å². The van der Waals surface area contributed by atoms with Crippen molar-refractivity contribution in [1.82, 2.24) is 0 Å². The van der Waals surface area contributed by atoms with E-state index in [9.17, 15) is 14.7 Å². The van der Waals surface area contributed by atoms with E-state index in [2.05, 4.69) is 21.0 Å². The van der Waals surface area contributed by atoms with Crippen molar-refractivity contribution in [2.75, 3.05) is 18.3 Å². The van der Waals surface area contributed by atoms with Crippen molar-refractivity contribution in [1.29, 1.82) is 0 Å². The smallest absolute Gasteiger partial charge is 0.293 e. The van der Waals surface area contributed by atoms with Gasteiger partial charge in [-0.05, 0) is 24.3 Å². The number of nitrogens with one attached hydrogen (secondary N) is 1. The zero-order chi connectivity index (χ0) is 14.1. The van der Waals surface area contributed by atoms with Crippen LogP contribution in [0.1, 0.15) is 6.92 Å². The Morgan fingerprint density at radius 1 is 1.37 bits per heavy atom. The van der Waals surface area contributed by atoms with Crippen molar-refractivity contribution in [3.8, 4) is 0 Å². The van der Waals surface area contributed by atoms with Gasteiger partial charge in [-0.2, -0.15) is 0 Å². The summed E-state index contributed by atoms with van der Waals surface area (Å²) < 4.78 is 23.2. The lowest BCUT2D eigenvalue weighted by Gasteiger charge is -2.30. The van der Waals surface area contributed by atoms with Gasteiger partial charge in [-0.15, -0.1) is 0 Å². The summed E-state index contributed by atoms with van der Waals surface area (Å²) in [7, 11) is -3.54. The van der Waals surface area contributed by atoms with Crippen LogP contribution in [0.3, 0.4) is 0 Å². The average molecular weight is 351 g/mol. The third kappa shape index (κ3) is 3.33. The van der Waals surface area contributed by atoms with Gasteiger partial charge >= 0.3 is 7.75 Å². The summed E-state index contributed by atoms with van der Waals surface area (Å²) in [6, 6.07) is 6.91. The van der Waals surface area contributed by atoms with Crippen LogP contribution in [-0.4, -0.2) is 23.7 Å². The third-order valence-electron chi connectivity index (χ3n) is 2.64. The zero-order valence-corrected chi connectivity index (χ0v) is 12.5. The van der Waals surface area contributed by atoms with Crippen LogP contribution in [0.5, 0.6) is 0 Å². The van der Waals surface area contributed by atoms with Crippen molar-refractivity contribution in [2.24, 2.45) is 0 Å². The van der Waals surface area contributed by atoms with Crippen molar-refractivity contribution in [3.05, 3.63) is 38.9 Å². The van der Waals surface area contributed by atoms with Crippen LogP contribution in [0.25, 0.3) is 0 Å². The first-order chi connectivity index (χ1) is 8.83. The normalized spacial score (nSPS) is 30.8. The summed E-state index contributed by atoms with van der Waals surface area (Å²) in [4.78, 5) is 10.3. The van der Waals surface area contributed by atoms with Gasteiger partial charge < -0.3 is 0 Å². The summed E-state index contributed by atoms with van der Waals surface area (Å²) in [6.07, 6.45) is 0. The molecule has 104 valence electrons. The van der Waals surface area contributed by atoms with Crippen LogP contribution < -0.4 is 5.09 Å². The Bertz CT molecular complexity index is 523. The molecule has 0 unspecified atom stereocenters. The molecule has 7 nitrogen and oxygen atoms in total. The minimum absolute atomic E-state index is 0.263. The number of anilines is 1. The number of benzene rings is 1. The van der Waals surface area contributed by atoms with Crippen molar-refractivity contribution < 1.29 is 18.5 Å². The molecule has 19 heavy (non-hydrogen) atoms. The molecule has 0 amide bonds. The molecule has 0 saturated carbocycles. The summed E-state index contributed by atoms with van der Waals surface area (Å²) in [5, 5.41) is 13.4. The molecule has 0 radical (unpaired) electrons. The monoisotopic (exact) mass is 350 g/mol. The molecular formula is C10H12BrN2O5P. The van der Waals surface area contributed by atoms with Gasteiger partial charge in [0, 0.05) is 22.0 Å². The quantitative estimate of drug-likeness (QED) is 0.511. The largest absolute Gasteiger partial charge is 0.433 e. The Balaban J connectivity index is 2.04. The maximum absolute atomic E-state index is 12.2. The third-order valence-corrected chi connectivity index (χ3v) is 4.64. The van der Waals surface area contributed by atoms with E-state index in [1.165, 1.54) is 6.92 Å². The van der Waals surface area contributed by atoms with Crippen LogP contribution >= 0.6 is 23.7 Å². The Morgan fingerprint density at radius 2 is 1.89 bits per heavy atom. The van der Waals surface area contributed by atoms with Gasteiger partial charge in [-0.25, -0.2) is 4.57 Å². The van der Waals surface area contributed by atoms with Crippen molar-refractivity contribution in [3.63, 3.8) is 0 Å². The Morgan fingerprint density at radius 3 is 2.37 bits per heavy atom. The van der Waals surface area contributed by atoms with Gasteiger partial charge in [0.1, 0.15) is 13.2 Å². The molecule has 1 aromatic rings. The van der Waals surface area contributed by atoms with E-state index in [4.69, 9.17) is 9.05 Å². The number of rotatable bonds is 3. The molecule has 2 rings (SSSR count). The van der Waals surface area contributed by atoms with Crippen LogP contribution in [0.4, 0.5) is 5.69 Å². The van der Waals surface area contributed by atoms with E-state index < -0.39 is 18.2 Å². The van der Waals surface area contributed by atoms with Gasteiger partial charge in [0.15, 0.2) is 0 Å². The first-order valence-corrected chi connectivity index (χ1v) is 7.74. The molecule has 1 heterocycles. The Hall–Kier alpha value is -0.950. The fourth-order valence-corrected chi connectivity index (χ4v) is 3.21. The van der Waals surface area contributed by atoms with E-state index in [0.717, 1.165) is 4.47 Å². The predicted octanol–water partition coefficient (Wildman–Crippen LogP) is 3.05. The summed E-state index contributed by atoms with van der Waals surface area (Å²) in [6.45, 7) is 0.859. The highest BCUT2D eigenvalue weighted by Gasteiger charge is 2.48. The number of hydrogen-bond acceptors (Lipinski definition) is 5. The highest BCUT2D eigenvalue weighted by Crippen LogP contribution is 2.52. The lowest BCUT2D eigenvalue weighted by molar-refractivity contribution is -0.572. The molecule has 1 fully saturated rings. The number of nitro groups is 1. The van der Waals surface area contributed by atoms with Gasteiger partial charge in [0.05, 0.1) is 0 Å². The highest BCUT2D eigenvalue weighted by molar-refractivity contribution is 9.10. The molecular weight excluding hydrogens is 339 g/mol. The molecule has 1 aliphatic heterocycles.